The quantitative estimate of drug-likeness (QED) is 0.545. The van der Waals surface area contributed by atoms with Gasteiger partial charge in [-0.2, -0.15) is 9.40 Å². The number of carbonyl (C=O) groups is 1. The predicted molar refractivity (Wildman–Crippen MR) is 119 cm³/mol. The summed E-state index contributed by atoms with van der Waals surface area (Å²) in [6.07, 6.45) is 0. The lowest BCUT2D eigenvalue weighted by Gasteiger charge is -2.34. The van der Waals surface area contributed by atoms with Gasteiger partial charge in [-0.05, 0) is 42.8 Å². The lowest BCUT2D eigenvalue weighted by atomic mass is 10.2. The predicted octanol–water partition coefficient (Wildman–Crippen LogP) is 3.32. The third-order valence-electron chi connectivity index (χ3n) is 5.48. The molecule has 0 saturated carbocycles. The number of rotatable bonds is 5. The number of sulfonamides is 1. The van der Waals surface area contributed by atoms with E-state index < -0.39 is 15.8 Å². The Morgan fingerprint density at radius 3 is 2.33 bits per heavy atom. The van der Waals surface area contributed by atoms with E-state index in [1.165, 1.54) is 44.2 Å². The molecule has 11 heteroatoms. The number of carbonyl (C=O) groups excluding carboxylic acids is 1. The Labute approximate surface area is 195 Å². The van der Waals surface area contributed by atoms with Crippen molar-refractivity contribution in [1.29, 1.82) is 0 Å². The van der Waals surface area contributed by atoms with Gasteiger partial charge in [0.1, 0.15) is 16.8 Å². The molecule has 4 rings (SSSR count). The van der Waals surface area contributed by atoms with Crippen molar-refractivity contribution in [3.05, 3.63) is 82.1 Å². The van der Waals surface area contributed by atoms with Crippen molar-refractivity contribution in [3.63, 3.8) is 0 Å². The van der Waals surface area contributed by atoms with Gasteiger partial charge < -0.3 is 4.90 Å². The molecule has 1 fully saturated rings. The van der Waals surface area contributed by atoms with Gasteiger partial charge in [0.15, 0.2) is 0 Å². The van der Waals surface area contributed by atoms with Crippen molar-refractivity contribution >= 4 is 27.5 Å². The highest BCUT2D eigenvalue weighted by Crippen LogP contribution is 2.25. The van der Waals surface area contributed by atoms with Gasteiger partial charge in [-0.25, -0.2) is 21.9 Å². The van der Waals surface area contributed by atoms with Crippen LogP contribution in [0.2, 0.25) is 5.15 Å². The first-order valence-corrected chi connectivity index (χ1v) is 12.0. The highest BCUT2D eigenvalue weighted by Gasteiger charge is 2.32. The molecule has 1 aliphatic rings. The van der Waals surface area contributed by atoms with Crippen molar-refractivity contribution in [3.8, 4) is 0 Å². The average Bonchev–Trinajstić information content (AvgIpc) is 3.07. The lowest BCUT2D eigenvalue weighted by Crippen LogP contribution is -2.50. The van der Waals surface area contributed by atoms with Gasteiger partial charge in [0.05, 0.1) is 22.7 Å². The van der Waals surface area contributed by atoms with E-state index >= 15 is 0 Å². The molecule has 7 nitrogen and oxygen atoms in total. The summed E-state index contributed by atoms with van der Waals surface area (Å²) in [6, 6.07) is 10.7. The van der Waals surface area contributed by atoms with E-state index in [4.69, 9.17) is 11.6 Å². The van der Waals surface area contributed by atoms with Gasteiger partial charge in [-0.15, -0.1) is 0 Å². The first kappa shape index (κ1) is 23.3. The molecule has 1 saturated heterocycles. The Kier molecular flexibility index (Phi) is 6.51. The Morgan fingerprint density at radius 2 is 1.70 bits per heavy atom. The molecule has 0 N–H and O–H groups in total. The third-order valence-corrected chi connectivity index (χ3v) is 7.76. The van der Waals surface area contributed by atoms with E-state index in [0.29, 0.717) is 5.69 Å². The number of amides is 1. The monoisotopic (exact) mass is 494 g/mol. The summed E-state index contributed by atoms with van der Waals surface area (Å²) in [5, 5.41) is 4.51. The molecule has 1 aromatic heterocycles. The van der Waals surface area contributed by atoms with Crippen LogP contribution in [0.1, 0.15) is 21.6 Å². The van der Waals surface area contributed by atoms with Crippen molar-refractivity contribution < 1.29 is 22.0 Å². The largest absolute Gasteiger partial charge is 0.336 e. The average molecular weight is 495 g/mol. The van der Waals surface area contributed by atoms with Crippen LogP contribution >= 0.6 is 11.6 Å². The van der Waals surface area contributed by atoms with Crippen molar-refractivity contribution in [2.75, 3.05) is 26.2 Å². The summed E-state index contributed by atoms with van der Waals surface area (Å²) in [6.45, 7) is 2.41. The normalized spacial score (nSPS) is 15.1. The van der Waals surface area contributed by atoms with Crippen molar-refractivity contribution in [2.24, 2.45) is 0 Å². The minimum absolute atomic E-state index is 0.0744. The highest BCUT2D eigenvalue weighted by molar-refractivity contribution is 7.89. The van der Waals surface area contributed by atoms with Gasteiger partial charge in [-0.3, -0.25) is 4.79 Å². The Bertz CT molecular complexity index is 1290. The minimum Gasteiger partial charge on any atom is -0.336 e. The fourth-order valence-electron chi connectivity index (χ4n) is 3.73. The van der Waals surface area contributed by atoms with E-state index in [1.807, 2.05) is 0 Å². The molecule has 3 aromatic rings. The fourth-order valence-corrected chi connectivity index (χ4v) is 5.50. The zero-order valence-corrected chi connectivity index (χ0v) is 19.3. The second-order valence-corrected chi connectivity index (χ2v) is 9.98. The number of halogens is 3. The molecule has 0 aliphatic carbocycles. The van der Waals surface area contributed by atoms with Crippen LogP contribution in [0.25, 0.3) is 0 Å². The lowest BCUT2D eigenvalue weighted by molar-refractivity contribution is 0.0697. The maximum absolute atomic E-state index is 13.5. The van der Waals surface area contributed by atoms with Gasteiger partial charge in [0.2, 0.25) is 10.0 Å². The topological polar surface area (TPSA) is 75.5 Å². The van der Waals surface area contributed by atoms with Crippen LogP contribution in [-0.4, -0.2) is 59.5 Å². The molecule has 174 valence electrons. The van der Waals surface area contributed by atoms with Gasteiger partial charge in [0.25, 0.3) is 5.91 Å². The molecule has 0 atom stereocenters. The number of nitrogens with zero attached hydrogens (tertiary/aromatic N) is 4. The van der Waals surface area contributed by atoms with Gasteiger partial charge in [-0.1, -0.05) is 29.8 Å². The van der Waals surface area contributed by atoms with E-state index in [-0.39, 0.29) is 60.1 Å². The van der Waals surface area contributed by atoms with Crippen LogP contribution in [0, 0.1) is 18.6 Å². The zero-order chi connectivity index (χ0) is 23.8. The molecule has 0 unspecified atom stereocenters. The van der Waals surface area contributed by atoms with E-state index in [2.05, 4.69) is 5.10 Å². The first-order chi connectivity index (χ1) is 15.7. The molecular weight excluding hydrogens is 474 g/mol. The molecule has 0 spiro atoms. The van der Waals surface area contributed by atoms with Gasteiger partial charge >= 0.3 is 0 Å². The first-order valence-electron chi connectivity index (χ1n) is 10.2. The van der Waals surface area contributed by atoms with Crippen molar-refractivity contribution in [2.45, 2.75) is 18.4 Å². The number of aryl methyl sites for hydroxylation is 1. The molecule has 33 heavy (non-hydrogen) atoms. The standard InChI is InChI=1S/C22H21ClF2N4O3S/c1-15-20(21(23)29(26-15)14-16-5-7-17(24)8-6-16)22(30)27-9-11-28(12-10-27)33(31,32)19-4-2-3-18(25)13-19/h2-8,13H,9-12,14H2,1H3. The summed E-state index contributed by atoms with van der Waals surface area (Å²) in [5.41, 5.74) is 1.47. The number of piperazine rings is 1. The minimum atomic E-state index is -3.86. The summed E-state index contributed by atoms with van der Waals surface area (Å²) in [4.78, 5) is 14.5. The molecule has 1 amide bonds. The second-order valence-electron chi connectivity index (χ2n) is 7.69. The van der Waals surface area contributed by atoms with Crippen LogP contribution in [0.15, 0.2) is 53.4 Å². The molecular formula is C22H21ClF2N4O3S. The summed E-state index contributed by atoms with van der Waals surface area (Å²) >= 11 is 6.46. The Balaban J connectivity index is 1.47. The second kappa shape index (κ2) is 9.20. The van der Waals surface area contributed by atoms with E-state index in [1.54, 1.807) is 19.1 Å². The zero-order valence-electron chi connectivity index (χ0n) is 17.7. The summed E-state index contributed by atoms with van der Waals surface area (Å²) in [5.74, 6) is -1.32. The fraction of sp³-hybridized carbons (Fsp3) is 0.273. The van der Waals surface area contributed by atoms with Crippen LogP contribution in [0.3, 0.4) is 0 Å². The van der Waals surface area contributed by atoms with Crippen molar-refractivity contribution in [1.82, 2.24) is 19.0 Å². The molecule has 1 aliphatic heterocycles. The summed E-state index contributed by atoms with van der Waals surface area (Å²) < 4.78 is 54.9. The van der Waals surface area contributed by atoms with E-state index in [0.717, 1.165) is 11.6 Å². The SMILES string of the molecule is Cc1nn(Cc2ccc(F)cc2)c(Cl)c1C(=O)N1CCN(S(=O)(=O)c2cccc(F)c2)CC1. The maximum atomic E-state index is 13.5. The molecule has 2 heterocycles. The maximum Gasteiger partial charge on any atom is 0.258 e. The number of hydrogen-bond donors (Lipinski definition) is 0. The summed E-state index contributed by atoms with van der Waals surface area (Å²) in [7, 11) is -3.86. The Morgan fingerprint density at radius 1 is 1.03 bits per heavy atom. The number of benzene rings is 2. The highest BCUT2D eigenvalue weighted by atomic mass is 35.5. The van der Waals surface area contributed by atoms with Crippen LogP contribution in [0.5, 0.6) is 0 Å². The number of hydrogen-bond acceptors (Lipinski definition) is 4. The number of aromatic nitrogens is 2. The molecule has 2 aromatic carbocycles. The van der Waals surface area contributed by atoms with Crippen LogP contribution in [0.4, 0.5) is 8.78 Å². The Hall–Kier alpha value is -2.82. The molecule has 0 radical (unpaired) electrons. The van der Waals surface area contributed by atoms with Crippen LogP contribution in [-0.2, 0) is 16.6 Å². The van der Waals surface area contributed by atoms with Crippen LogP contribution < -0.4 is 0 Å². The smallest absolute Gasteiger partial charge is 0.258 e. The van der Waals surface area contributed by atoms with E-state index in [9.17, 15) is 22.0 Å². The third kappa shape index (κ3) is 4.78. The van der Waals surface area contributed by atoms with Gasteiger partial charge in [0, 0.05) is 26.2 Å². The molecule has 0 bridgehead atoms.